The van der Waals surface area contributed by atoms with Crippen molar-refractivity contribution in [2.45, 2.75) is 38.2 Å². The third kappa shape index (κ3) is 4.84. The molecule has 0 spiro atoms. The van der Waals surface area contributed by atoms with E-state index in [4.69, 9.17) is 9.47 Å². The van der Waals surface area contributed by atoms with Gasteiger partial charge < -0.3 is 9.47 Å². The third-order valence-electron chi connectivity index (χ3n) is 7.59. The number of ether oxygens (including phenoxy) is 2. The molecule has 0 N–H and O–H groups in total. The number of hydrogen-bond donors (Lipinski definition) is 0. The van der Waals surface area contributed by atoms with Crippen molar-refractivity contribution in [1.29, 1.82) is 0 Å². The number of rotatable bonds is 7. The first-order valence-electron chi connectivity index (χ1n) is 12.8. The number of nitrogens with zero attached hydrogens (tertiary/aromatic N) is 1. The summed E-state index contributed by atoms with van der Waals surface area (Å²) in [4.78, 5) is 53.1. The van der Waals surface area contributed by atoms with Crippen LogP contribution in [0, 0.1) is 11.8 Å². The van der Waals surface area contributed by atoms with Crippen LogP contribution >= 0.6 is 0 Å². The average Bonchev–Trinajstić information content (AvgIpc) is 3.21. The fraction of sp³-hybridized carbons (Fsp3) is 0.290. The van der Waals surface area contributed by atoms with E-state index in [2.05, 4.69) is 12.1 Å². The van der Waals surface area contributed by atoms with Gasteiger partial charge in [0.1, 0.15) is 5.75 Å². The van der Waals surface area contributed by atoms with Crippen LogP contribution < -0.4 is 9.64 Å². The minimum Gasteiger partial charge on any atom is -0.497 e. The number of anilines is 1. The summed E-state index contributed by atoms with van der Waals surface area (Å²) >= 11 is 0. The van der Waals surface area contributed by atoms with E-state index < -0.39 is 12.1 Å². The highest BCUT2D eigenvalue weighted by atomic mass is 16.5. The Balaban J connectivity index is 1.24. The van der Waals surface area contributed by atoms with Crippen molar-refractivity contribution in [1.82, 2.24) is 0 Å². The van der Waals surface area contributed by atoms with E-state index in [1.54, 1.807) is 36.4 Å². The maximum absolute atomic E-state index is 13.3. The van der Waals surface area contributed by atoms with Crippen molar-refractivity contribution in [2.75, 3.05) is 12.0 Å². The van der Waals surface area contributed by atoms with Gasteiger partial charge in [0.15, 0.2) is 6.10 Å². The van der Waals surface area contributed by atoms with Crippen molar-refractivity contribution in [2.24, 2.45) is 11.8 Å². The Morgan fingerprint density at radius 1 is 0.816 bits per heavy atom. The SMILES string of the molecule is COc1ccc(C(=O)[C@H](C)OC(=O)c2ccc(N3C(=O)[C@H]4C[C@@H](c5ccccc5)CC[C@H]4C3=O)cc2)cc1. The number of benzene rings is 3. The number of ketones is 1. The highest BCUT2D eigenvalue weighted by Crippen LogP contribution is 2.45. The van der Waals surface area contributed by atoms with Gasteiger partial charge in [-0.05, 0) is 86.2 Å². The standard InChI is InChI=1S/C31H29NO6/c1-19(28(33)21-10-15-25(37-2)16-11-21)38-31(36)22-8-13-24(14-9-22)32-29(34)26-17-12-23(18-27(26)30(32)35)20-6-4-3-5-7-20/h3-11,13-16,19,23,26-27H,12,17-18H2,1-2H3/t19-,23-,26+,27-/m0/s1. The first-order valence-corrected chi connectivity index (χ1v) is 12.8. The van der Waals surface area contributed by atoms with Crippen LogP contribution in [-0.4, -0.2) is 36.8 Å². The van der Waals surface area contributed by atoms with Gasteiger partial charge in [0.05, 0.1) is 30.2 Å². The lowest BCUT2D eigenvalue weighted by molar-refractivity contribution is -0.122. The van der Waals surface area contributed by atoms with E-state index in [1.165, 1.54) is 36.6 Å². The number of esters is 1. The van der Waals surface area contributed by atoms with Crippen LogP contribution in [0.25, 0.3) is 0 Å². The lowest BCUT2D eigenvalue weighted by Gasteiger charge is -2.28. The molecule has 4 atom stereocenters. The fourth-order valence-corrected chi connectivity index (χ4v) is 5.48. The number of fused-ring (bicyclic) bond motifs is 1. The van der Waals surface area contributed by atoms with Crippen molar-refractivity contribution in [3.8, 4) is 5.75 Å². The Bertz CT molecular complexity index is 1350. The van der Waals surface area contributed by atoms with Gasteiger partial charge in [-0.2, -0.15) is 0 Å². The fourth-order valence-electron chi connectivity index (χ4n) is 5.48. The molecule has 1 saturated carbocycles. The molecule has 3 aromatic carbocycles. The smallest absolute Gasteiger partial charge is 0.338 e. The van der Waals surface area contributed by atoms with Crippen LogP contribution in [0.15, 0.2) is 78.9 Å². The van der Waals surface area contributed by atoms with E-state index in [9.17, 15) is 19.2 Å². The summed E-state index contributed by atoms with van der Waals surface area (Å²) in [6.45, 7) is 1.52. The third-order valence-corrected chi connectivity index (χ3v) is 7.59. The van der Waals surface area contributed by atoms with Crippen molar-refractivity contribution < 1.29 is 28.7 Å². The molecular formula is C31H29NO6. The Kier molecular flexibility index (Phi) is 7.09. The van der Waals surface area contributed by atoms with Gasteiger partial charge in [-0.15, -0.1) is 0 Å². The number of imide groups is 1. The molecule has 2 fully saturated rings. The maximum Gasteiger partial charge on any atom is 0.338 e. The summed E-state index contributed by atoms with van der Waals surface area (Å²) in [5.74, 6) is -1.12. The van der Waals surface area contributed by atoms with Gasteiger partial charge in [0.25, 0.3) is 0 Å². The molecule has 1 aliphatic heterocycles. The van der Waals surface area contributed by atoms with E-state index in [0.29, 0.717) is 29.8 Å². The number of methoxy groups -OCH3 is 1. The summed E-state index contributed by atoms with van der Waals surface area (Å²) in [6, 6.07) is 22.9. The molecule has 38 heavy (non-hydrogen) atoms. The minimum atomic E-state index is -0.988. The molecule has 1 aliphatic carbocycles. The quantitative estimate of drug-likeness (QED) is 0.246. The molecule has 0 unspecified atom stereocenters. The topological polar surface area (TPSA) is 90.0 Å². The normalized spacial score (nSPS) is 21.5. The molecule has 7 nitrogen and oxygen atoms in total. The van der Waals surface area contributed by atoms with E-state index in [-0.39, 0.29) is 40.9 Å². The second-order valence-electron chi connectivity index (χ2n) is 9.83. The maximum atomic E-state index is 13.3. The zero-order valence-corrected chi connectivity index (χ0v) is 21.3. The Morgan fingerprint density at radius 3 is 2.11 bits per heavy atom. The number of carbonyl (C=O) groups is 4. The van der Waals surface area contributed by atoms with E-state index in [1.807, 2.05) is 18.2 Å². The van der Waals surface area contributed by atoms with Gasteiger partial charge in [0, 0.05) is 5.56 Å². The molecule has 0 aromatic heterocycles. The first-order chi connectivity index (χ1) is 18.4. The predicted octanol–water partition coefficient (Wildman–Crippen LogP) is 5.20. The molecule has 3 aromatic rings. The highest BCUT2D eigenvalue weighted by molar-refractivity contribution is 6.22. The molecule has 0 radical (unpaired) electrons. The number of amides is 2. The van der Waals surface area contributed by atoms with Crippen molar-refractivity contribution >= 4 is 29.3 Å². The monoisotopic (exact) mass is 511 g/mol. The summed E-state index contributed by atoms with van der Waals surface area (Å²) in [5.41, 5.74) is 2.27. The zero-order valence-electron chi connectivity index (χ0n) is 21.3. The predicted molar refractivity (Wildman–Crippen MR) is 141 cm³/mol. The average molecular weight is 512 g/mol. The molecule has 2 aliphatic rings. The lowest BCUT2D eigenvalue weighted by atomic mass is 9.73. The second-order valence-corrected chi connectivity index (χ2v) is 9.83. The zero-order chi connectivity index (χ0) is 26.8. The van der Waals surface area contributed by atoms with Crippen LogP contribution in [0.4, 0.5) is 5.69 Å². The van der Waals surface area contributed by atoms with Gasteiger partial charge >= 0.3 is 5.97 Å². The van der Waals surface area contributed by atoms with Crippen LogP contribution in [0.3, 0.4) is 0 Å². The van der Waals surface area contributed by atoms with Gasteiger partial charge in [-0.3, -0.25) is 19.3 Å². The molecular weight excluding hydrogens is 482 g/mol. The van der Waals surface area contributed by atoms with Gasteiger partial charge in [-0.25, -0.2) is 4.79 Å². The number of Topliss-reactive ketones (excluding diaryl/α,β-unsaturated/α-hetero) is 1. The summed E-state index contributed by atoms with van der Waals surface area (Å²) in [5, 5.41) is 0. The molecule has 194 valence electrons. The molecule has 1 heterocycles. The van der Waals surface area contributed by atoms with Gasteiger partial charge in [0.2, 0.25) is 17.6 Å². The van der Waals surface area contributed by atoms with Gasteiger partial charge in [-0.1, -0.05) is 30.3 Å². The molecule has 1 saturated heterocycles. The Morgan fingerprint density at radius 2 is 1.45 bits per heavy atom. The second kappa shape index (κ2) is 10.6. The molecule has 7 heteroatoms. The van der Waals surface area contributed by atoms with E-state index in [0.717, 1.165) is 6.42 Å². The molecule has 5 rings (SSSR count). The minimum absolute atomic E-state index is 0.180. The summed E-state index contributed by atoms with van der Waals surface area (Å²) in [6.07, 6.45) is 1.21. The summed E-state index contributed by atoms with van der Waals surface area (Å²) < 4.78 is 10.5. The van der Waals surface area contributed by atoms with E-state index >= 15 is 0 Å². The van der Waals surface area contributed by atoms with Crippen LogP contribution in [-0.2, 0) is 14.3 Å². The lowest BCUT2D eigenvalue weighted by Crippen LogP contribution is -2.31. The number of hydrogen-bond acceptors (Lipinski definition) is 6. The Hall–Kier alpha value is -4.26. The number of carbonyl (C=O) groups excluding carboxylic acids is 4. The Labute approximate surface area is 221 Å². The molecule has 0 bridgehead atoms. The van der Waals surface area contributed by atoms with Crippen molar-refractivity contribution in [3.63, 3.8) is 0 Å². The van der Waals surface area contributed by atoms with Crippen molar-refractivity contribution in [3.05, 3.63) is 95.6 Å². The van der Waals surface area contributed by atoms with Crippen LogP contribution in [0.1, 0.15) is 58.4 Å². The largest absolute Gasteiger partial charge is 0.497 e. The molecule has 2 amide bonds. The van der Waals surface area contributed by atoms with Crippen LogP contribution in [0.2, 0.25) is 0 Å². The summed E-state index contributed by atoms with van der Waals surface area (Å²) in [7, 11) is 1.54. The van der Waals surface area contributed by atoms with Crippen LogP contribution in [0.5, 0.6) is 5.75 Å². The highest BCUT2D eigenvalue weighted by Gasteiger charge is 2.50. The first kappa shape index (κ1) is 25.4.